The molecule has 0 aromatic rings. The third-order valence-electron chi connectivity index (χ3n) is 0.538. The molecule has 0 amide bonds. The van der Waals surface area contributed by atoms with Gasteiger partial charge in [0.2, 0.25) is 5.76 Å². The van der Waals surface area contributed by atoms with E-state index >= 15 is 0 Å². The molecule has 6 heavy (non-hydrogen) atoms. The van der Waals surface area contributed by atoms with E-state index in [9.17, 15) is 0 Å². The summed E-state index contributed by atoms with van der Waals surface area (Å²) in [6.45, 7) is 0.377. The molecule has 34 valence electrons. The van der Waals surface area contributed by atoms with E-state index < -0.39 is 5.95 Å². The normalized spacial score (nSPS) is 16.3. The van der Waals surface area contributed by atoms with Gasteiger partial charge in [0.1, 0.15) is 0 Å². The van der Waals surface area contributed by atoms with Crippen LogP contribution in [-0.2, 0) is 4.74 Å². The Bertz CT molecular complexity index is 84.2. The van der Waals surface area contributed by atoms with Crippen LogP contribution >= 0.6 is 0 Å². The Balaban J connectivity index is 2.61. The molecule has 2 N–H and O–H groups in total. The monoisotopic (exact) mass is 88.0 g/mol. The first kappa shape index (κ1) is 3.33. The third kappa shape index (κ3) is 0.381. The first-order chi connectivity index (χ1) is 2.80. The van der Waals surface area contributed by atoms with Gasteiger partial charge in [-0.15, -0.1) is 0 Å². The summed E-state index contributed by atoms with van der Waals surface area (Å²) in [5.41, 5.74) is 0. The Labute approximate surface area is 34.5 Å². The molecule has 1 fully saturated rings. The number of ether oxygens (including phenoxy) is 1. The molecule has 0 aromatic heterocycles. The van der Waals surface area contributed by atoms with Gasteiger partial charge in [0.25, 0.3) is 0 Å². The Morgan fingerprint density at radius 1 is 1.67 bits per heavy atom. The quantitative estimate of drug-likeness (QED) is 0.331. The van der Waals surface area contributed by atoms with Crippen LogP contribution in [0.5, 0.6) is 0 Å². The third-order valence-corrected chi connectivity index (χ3v) is 0.538. The molecule has 1 rings (SSSR count). The van der Waals surface area contributed by atoms with Gasteiger partial charge in [0.15, 0.2) is 6.61 Å². The summed E-state index contributed by atoms with van der Waals surface area (Å²) in [5, 5.41) is 16.0. The summed E-state index contributed by atoms with van der Waals surface area (Å²) in [6.07, 6.45) is 0. The van der Waals surface area contributed by atoms with Gasteiger partial charge in [-0.05, 0) is 0 Å². The van der Waals surface area contributed by atoms with Crippen LogP contribution in [0.3, 0.4) is 0 Å². The number of epoxide rings is 1. The molecule has 0 radical (unpaired) electrons. The molecule has 3 nitrogen and oxygen atoms in total. The summed E-state index contributed by atoms with van der Waals surface area (Å²) >= 11 is 0. The molecular formula is C3H4O3. The van der Waals surface area contributed by atoms with Crippen LogP contribution < -0.4 is 0 Å². The molecule has 3 heteroatoms. The van der Waals surface area contributed by atoms with E-state index in [-0.39, 0.29) is 5.76 Å². The fourth-order valence-corrected chi connectivity index (χ4v) is 0.165. The summed E-state index contributed by atoms with van der Waals surface area (Å²) < 4.78 is 4.35. The van der Waals surface area contributed by atoms with E-state index in [0.29, 0.717) is 6.61 Å². The lowest BCUT2D eigenvalue weighted by atomic mass is 10.7. The molecule has 0 atom stereocenters. The van der Waals surface area contributed by atoms with E-state index in [4.69, 9.17) is 10.2 Å². The molecule has 1 heterocycles. The zero-order valence-electron chi connectivity index (χ0n) is 3.01. The molecule has 1 aliphatic rings. The Hall–Kier alpha value is -0.860. The zero-order chi connectivity index (χ0) is 4.57. The maximum absolute atomic E-state index is 8.00. The first-order valence-electron chi connectivity index (χ1n) is 1.54. The minimum Gasteiger partial charge on any atom is -0.479 e. The van der Waals surface area contributed by atoms with Crippen LogP contribution in [-0.4, -0.2) is 16.8 Å². The molecule has 0 aliphatic carbocycles. The van der Waals surface area contributed by atoms with Crippen molar-refractivity contribution in [3.63, 3.8) is 0 Å². The van der Waals surface area contributed by atoms with Crippen molar-refractivity contribution in [2.75, 3.05) is 6.61 Å². The molecule has 0 bridgehead atoms. The lowest BCUT2D eigenvalue weighted by Crippen LogP contribution is -1.71. The summed E-state index contributed by atoms with van der Waals surface area (Å²) in [5.74, 6) is -0.398. The number of aliphatic hydroxyl groups is 2. The van der Waals surface area contributed by atoms with E-state index in [2.05, 4.69) is 4.74 Å². The lowest BCUT2D eigenvalue weighted by molar-refractivity contribution is 0.181. The molecule has 0 spiro atoms. The van der Waals surface area contributed by atoms with Gasteiger partial charge < -0.3 is 14.9 Å². The van der Waals surface area contributed by atoms with Crippen LogP contribution in [0.2, 0.25) is 0 Å². The average molecular weight is 88.1 g/mol. The first-order valence-corrected chi connectivity index (χ1v) is 1.54. The highest BCUT2D eigenvalue weighted by Gasteiger charge is 2.18. The van der Waals surface area contributed by atoms with Crippen LogP contribution in [0.15, 0.2) is 11.7 Å². The highest BCUT2D eigenvalue weighted by atomic mass is 16.6. The fourth-order valence-electron chi connectivity index (χ4n) is 0.165. The van der Waals surface area contributed by atoms with Crippen molar-refractivity contribution < 1.29 is 14.9 Å². The Morgan fingerprint density at radius 2 is 2.17 bits per heavy atom. The summed E-state index contributed by atoms with van der Waals surface area (Å²) in [4.78, 5) is 0. The van der Waals surface area contributed by atoms with Crippen molar-refractivity contribution in [3.8, 4) is 0 Å². The lowest BCUT2D eigenvalue weighted by Gasteiger charge is -1.73. The van der Waals surface area contributed by atoms with Gasteiger partial charge in [-0.2, -0.15) is 0 Å². The van der Waals surface area contributed by atoms with Crippen LogP contribution in [0.4, 0.5) is 0 Å². The zero-order valence-corrected chi connectivity index (χ0v) is 3.01. The standard InChI is InChI=1S/C3H4O3/c4-3(5)2-1-6-2/h4-5H,1H2. The highest BCUT2D eigenvalue weighted by Crippen LogP contribution is 2.15. The second-order valence-electron chi connectivity index (χ2n) is 1.04. The second-order valence-corrected chi connectivity index (χ2v) is 1.04. The van der Waals surface area contributed by atoms with Crippen molar-refractivity contribution in [1.82, 2.24) is 0 Å². The number of hydrogen-bond donors (Lipinski definition) is 2. The minimum atomic E-state index is -0.685. The molecule has 0 unspecified atom stereocenters. The predicted octanol–water partition coefficient (Wildman–Crippen LogP) is 0.302. The molecule has 0 saturated carbocycles. The Morgan fingerprint density at radius 3 is 2.17 bits per heavy atom. The largest absolute Gasteiger partial charge is 0.479 e. The van der Waals surface area contributed by atoms with Crippen LogP contribution in [0.1, 0.15) is 0 Å². The van der Waals surface area contributed by atoms with E-state index in [1.807, 2.05) is 0 Å². The van der Waals surface area contributed by atoms with Crippen molar-refractivity contribution in [2.24, 2.45) is 0 Å². The molecule has 1 saturated heterocycles. The van der Waals surface area contributed by atoms with Gasteiger partial charge in [-0.3, -0.25) is 0 Å². The van der Waals surface area contributed by atoms with Gasteiger partial charge >= 0.3 is 5.95 Å². The van der Waals surface area contributed by atoms with Gasteiger partial charge in [-0.1, -0.05) is 0 Å². The van der Waals surface area contributed by atoms with Crippen molar-refractivity contribution in [2.45, 2.75) is 0 Å². The smallest absolute Gasteiger partial charge is 0.317 e. The van der Waals surface area contributed by atoms with Crippen LogP contribution in [0.25, 0.3) is 0 Å². The van der Waals surface area contributed by atoms with Crippen molar-refractivity contribution in [3.05, 3.63) is 11.7 Å². The van der Waals surface area contributed by atoms with Crippen molar-refractivity contribution >= 4 is 0 Å². The maximum Gasteiger partial charge on any atom is 0.317 e. The van der Waals surface area contributed by atoms with E-state index in [0.717, 1.165) is 0 Å². The van der Waals surface area contributed by atoms with Gasteiger partial charge in [-0.25, -0.2) is 0 Å². The maximum atomic E-state index is 8.00. The van der Waals surface area contributed by atoms with E-state index in [1.165, 1.54) is 0 Å². The predicted molar refractivity (Wildman–Crippen MR) is 18.2 cm³/mol. The summed E-state index contributed by atoms with van der Waals surface area (Å²) in [6, 6.07) is 0. The van der Waals surface area contributed by atoms with Crippen molar-refractivity contribution in [1.29, 1.82) is 0 Å². The fraction of sp³-hybridized carbons (Fsp3) is 0.333. The van der Waals surface area contributed by atoms with Gasteiger partial charge in [0, 0.05) is 0 Å². The SMILES string of the molecule is OC(O)=C1CO1. The highest BCUT2D eigenvalue weighted by molar-refractivity contribution is 5.03. The number of hydrogen-bond acceptors (Lipinski definition) is 3. The topological polar surface area (TPSA) is 53.0 Å². The molecule has 0 aromatic carbocycles. The van der Waals surface area contributed by atoms with E-state index in [1.54, 1.807) is 0 Å². The summed E-state index contributed by atoms with van der Waals surface area (Å²) in [7, 11) is 0. The average Bonchev–Trinajstić information content (AvgIpc) is 2.06. The van der Waals surface area contributed by atoms with Gasteiger partial charge in [0.05, 0.1) is 0 Å². The van der Waals surface area contributed by atoms with Crippen LogP contribution in [0, 0.1) is 0 Å². The second kappa shape index (κ2) is 0.801. The number of rotatable bonds is 0. The molecule has 1 aliphatic heterocycles. The Kier molecular flexibility index (Phi) is 0.445. The minimum absolute atomic E-state index is 0.287. The number of aliphatic hydroxyl groups excluding tert-OH is 1. The molecular weight excluding hydrogens is 84.0 g/mol.